The summed E-state index contributed by atoms with van der Waals surface area (Å²) in [6.45, 7) is 4.40. The number of amides is 2. The molecule has 0 aromatic heterocycles. The van der Waals surface area contributed by atoms with Gasteiger partial charge in [0, 0.05) is 6.54 Å². The molecule has 0 unspecified atom stereocenters. The highest BCUT2D eigenvalue weighted by molar-refractivity contribution is 5.87. The van der Waals surface area contributed by atoms with E-state index >= 15 is 0 Å². The van der Waals surface area contributed by atoms with Gasteiger partial charge in [-0.05, 0) is 24.5 Å². The Balaban J connectivity index is 2.70. The third kappa shape index (κ3) is 3.19. The fourth-order valence-corrected chi connectivity index (χ4v) is 1.55. The Bertz CT molecular complexity index is 374. The molecule has 0 aliphatic rings. The van der Waals surface area contributed by atoms with Crippen LogP contribution < -0.4 is 0 Å². The van der Waals surface area contributed by atoms with Crippen LogP contribution in [0.1, 0.15) is 24.5 Å². The van der Waals surface area contributed by atoms with Gasteiger partial charge >= 0.3 is 0 Å². The van der Waals surface area contributed by atoms with E-state index in [1.54, 1.807) is 0 Å². The van der Waals surface area contributed by atoms with Crippen LogP contribution in [0.25, 0.3) is 0 Å². The monoisotopic (exact) mass is 219 g/mol. The molecule has 0 heterocycles. The Labute approximate surface area is 96.1 Å². The van der Waals surface area contributed by atoms with E-state index in [4.69, 9.17) is 0 Å². The molecular weight excluding hydrogens is 202 g/mol. The second-order valence-corrected chi connectivity index (χ2v) is 3.80. The van der Waals surface area contributed by atoms with Crippen molar-refractivity contribution >= 4 is 12.3 Å². The maximum Gasteiger partial charge on any atom is 0.233 e. The van der Waals surface area contributed by atoms with Crippen LogP contribution in [0.5, 0.6) is 0 Å². The van der Waals surface area contributed by atoms with Gasteiger partial charge in [0.1, 0.15) is 0 Å². The molecule has 0 saturated heterocycles. The molecule has 0 radical (unpaired) electrons. The lowest BCUT2D eigenvalue weighted by Crippen LogP contribution is -2.31. The van der Waals surface area contributed by atoms with Gasteiger partial charge in [0.2, 0.25) is 12.3 Å². The van der Waals surface area contributed by atoms with Crippen molar-refractivity contribution in [2.45, 2.75) is 26.7 Å². The van der Waals surface area contributed by atoms with E-state index in [9.17, 15) is 9.59 Å². The maximum absolute atomic E-state index is 11.8. The van der Waals surface area contributed by atoms with Gasteiger partial charge < -0.3 is 0 Å². The van der Waals surface area contributed by atoms with Gasteiger partial charge in [-0.3, -0.25) is 14.5 Å². The van der Waals surface area contributed by atoms with E-state index < -0.39 is 0 Å². The Morgan fingerprint density at radius 2 is 2.06 bits per heavy atom. The second kappa shape index (κ2) is 6.05. The smallest absolute Gasteiger partial charge is 0.233 e. The molecule has 2 amide bonds. The highest BCUT2D eigenvalue weighted by Crippen LogP contribution is 2.09. The Kier molecular flexibility index (Phi) is 4.70. The van der Waals surface area contributed by atoms with Crippen LogP contribution in [-0.4, -0.2) is 23.8 Å². The fraction of sp³-hybridized carbons (Fsp3) is 0.385. The molecule has 0 saturated carbocycles. The fourth-order valence-electron chi connectivity index (χ4n) is 1.55. The summed E-state index contributed by atoms with van der Waals surface area (Å²) in [6, 6.07) is 7.73. The summed E-state index contributed by atoms with van der Waals surface area (Å²) in [5.41, 5.74) is 2.06. The topological polar surface area (TPSA) is 37.4 Å². The van der Waals surface area contributed by atoms with E-state index in [0.717, 1.165) is 17.5 Å². The molecule has 3 nitrogen and oxygen atoms in total. The summed E-state index contributed by atoms with van der Waals surface area (Å²) in [5, 5.41) is 0. The van der Waals surface area contributed by atoms with Crippen molar-refractivity contribution in [2.75, 3.05) is 6.54 Å². The van der Waals surface area contributed by atoms with Gasteiger partial charge in [0.15, 0.2) is 0 Å². The predicted molar refractivity (Wildman–Crippen MR) is 63.0 cm³/mol. The molecule has 1 rings (SSSR count). The number of imide groups is 1. The average molecular weight is 219 g/mol. The number of nitrogens with zero attached hydrogens (tertiary/aromatic N) is 1. The third-order valence-corrected chi connectivity index (χ3v) is 2.52. The van der Waals surface area contributed by atoms with E-state index in [0.29, 0.717) is 19.4 Å². The van der Waals surface area contributed by atoms with Crippen molar-refractivity contribution in [3.8, 4) is 0 Å². The molecule has 0 atom stereocenters. The SMILES string of the molecule is CCCN(C=O)C(=O)Cc1ccccc1C. The predicted octanol–water partition coefficient (Wildman–Crippen LogP) is 1.93. The molecule has 0 spiro atoms. The van der Waals surface area contributed by atoms with Crippen LogP contribution >= 0.6 is 0 Å². The quantitative estimate of drug-likeness (QED) is 0.710. The highest BCUT2D eigenvalue weighted by atomic mass is 16.2. The van der Waals surface area contributed by atoms with Gasteiger partial charge in [0.25, 0.3) is 0 Å². The Morgan fingerprint density at radius 1 is 1.38 bits per heavy atom. The molecule has 0 N–H and O–H groups in total. The van der Waals surface area contributed by atoms with Crippen molar-refractivity contribution < 1.29 is 9.59 Å². The van der Waals surface area contributed by atoms with Gasteiger partial charge in [-0.2, -0.15) is 0 Å². The summed E-state index contributed by atoms with van der Waals surface area (Å²) < 4.78 is 0. The van der Waals surface area contributed by atoms with Crippen molar-refractivity contribution in [3.63, 3.8) is 0 Å². The first-order valence-corrected chi connectivity index (χ1v) is 5.48. The van der Waals surface area contributed by atoms with Crippen LogP contribution in [0.15, 0.2) is 24.3 Å². The molecule has 0 aliphatic carbocycles. The standard InChI is InChI=1S/C13H17NO2/c1-3-8-14(10-15)13(16)9-12-7-5-4-6-11(12)2/h4-7,10H,3,8-9H2,1-2H3. The minimum Gasteiger partial charge on any atom is -0.285 e. The summed E-state index contributed by atoms with van der Waals surface area (Å²) in [6.07, 6.45) is 1.70. The highest BCUT2D eigenvalue weighted by Gasteiger charge is 2.12. The van der Waals surface area contributed by atoms with Crippen LogP contribution in [0, 0.1) is 6.92 Å². The number of carbonyl (C=O) groups excluding carboxylic acids is 2. The third-order valence-electron chi connectivity index (χ3n) is 2.52. The first-order valence-electron chi connectivity index (χ1n) is 5.48. The summed E-state index contributed by atoms with van der Waals surface area (Å²) in [4.78, 5) is 23.7. The van der Waals surface area contributed by atoms with Gasteiger partial charge in [-0.1, -0.05) is 31.2 Å². The summed E-state index contributed by atoms with van der Waals surface area (Å²) in [5.74, 6) is -0.133. The van der Waals surface area contributed by atoms with Gasteiger partial charge in [-0.15, -0.1) is 0 Å². The number of rotatable bonds is 5. The number of hydrogen-bond donors (Lipinski definition) is 0. The van der Waals surface area contributed by atoms with Crippen LogP contribution in [-0.2, 0) is 16.0 Å². The molecular formula is C13H17NO2. The molecule has 1 aromatic rings. The molecule has 86 valence electrons. The zero-order valence-corrected chi connectivity index (χ0v) is 9.77. The number of benzene rings is 1. The normalized spacial score (nSPS) is 9.88. The zero-order chi connectivity index (χ0) is 12.0. The minimum absolute atomic E-state index is 0.133. The van der Waals surface area contributed by atoms with Crippen molar-refractivity contribution in [3.05, 3.63) is 35.4 Å². The van der Waals surface area contributed by atoms with Crippen LogP contribution in [0.2, 0.25) is 0 Å². The number of hydrogen-bond acceptors (Lipinski definition) is 2. The molecule has 3 heteroatoms. The zero-order valence-electron chi connectivity index (χ0n) is 9.77. The van der Waals surface area contributed by atoms with E-state index in [1.165, 1.54) is 4.90 Å². The molecule has 0 aliphatic heterocycles. The summed E-state index contributed by atoms with van der Waals surface area (Å²) in [7, 11) is 0. The van der Waals surface area contributed by atoms with Crippen molar-refractivity contribution in [2.24, 2.45) is 0 Å². The minimum atomic E-state index is -0.133. The second-order valence-electron chi connectivity index (χ2n) is 3.80. The molecule has 16 heavy (non-hydrogen) atoms. The van der Waals surface area contributed by atoms with Crippen molar-refractivity contribution in [1.82, 2.24) is 4.90 Å². The van der Waals surface area contributed by atoms with Crippen LogP contribution in [0.3, 0.4) is 0 Å². The number of carbonyl (C=O) groups is 2. The lowest BCUT2D eigenvalue weighted by atomic mass is 10.1. The Morgan fingerprint density at radius 3 is 2.62 bits per heavy atom. The van der Waals surface area contributed by atoms with Gasteiger partial charge in [-0.25, -0.2) is 0 Å². The van der Waals surface area contributed by atoms with E-state index in [2.05, 4.69) is 0 Å². The van der Waals surface area contributed by atoms with E-state index in [-0.39, 0.29) is 5.91 Å². The lowest BCUT2D eigenvalue weighted by molar-refractivity contribution is -0.137. The first kappa shape index (κ1) is 12.4. The van der Waals surface area contributed by atoms with E-state index in [1.807, 2.05) is 38.1 Å². The van der Waals surface area contributed by atoms with Crippen molar-refractivity contribution in [1.29, 1.82) is 0 Å². The molecule has 0 fully saturated rings. The van der Waals surface area contributed by atoms with Crippen LogP contribution in [0.4, 0.5) is 0 Å². The molecule has 1 aromatic carbocycles. The van der Waals surface area contributed by atoms with Gasteiger partial charge in [0.05, 0.1) is 6.42 Å². The average Bonchev–Trinajstić information content (AvgIpc) is 2.29. The Hall–Kier alpha value is -1.64. The number of aryl methyl sites for hydroxylation is 1. The lowest BCUT2D eigenvalue weighted by Gasteiger charge is -2.14. The summed E-state index contributed by atoms with van der Waals surface area (Å²) >= 11 is 0. The maximum atomic E-state index is 11.8. The largest absolute Gasteiger partial charge is 0.285 e. The molecule has 0 bridgehead atoms. The first-order chi connectivity index (χ1) is 7.69.